The lowest BCUT2D eigenvalue weighted by molar-refractivity contribution is 0.274. The molecule has 6 heteroatoms. The summed E-state index contributed by atoms with van der Waals surface area (Å²) in [5, 5.41) is 12.3. The maximum Gasteiger partial charge on any atom is 0.182 e. The van der Waals surface area contributed by atoms with Gasteiger partial charge in [-0.2, -0.15) is 0 Å². The Hall–Kier alpha value is -1.69. The summed E-state index contributed by atoms with van der Waals surface area (Å²) in [7, 11) is 0. The molecule has 2 aromatic rings. The van der Waals surface area contributed by atoms with Crippen molar-refractivity contribution in [3.05, 3.63) is 12.7 Å². The van der Waals surface area contributed by atoms with Gasteiger partial charge in [-0.25, -0.2) is 15.0 Å². The zero-order valence-corrected chi connectivity index (χ0v) is 7.31. The van der Waals surface area contributed by atoms with Crippen molar-refractivity contribution < 1.29 is 5.11 Å². The number of hydrogen-bond acceptors (Lipinski definition) is 5. The van der Waals surface area contributed by atoms with Crippen LogP contribution in [0.1, 0.15) is 6.42 Å². The third-order valence-electron chi connectivity index (χ3n) is 2.30. The fraction of sp³-hybridized carbons (Fsp3) is 0.375. The van der Waals surface area contributed by atoms with Crippen molar-refractivity contribution in [2.45, 2.75) is 18.6 Å². The van der Waals surface area contributed by atoms with E-state index >= 15 is 0 Å². The molecule has 1 saturated carbocycles. The topological polar surface area (TPSA) is 86.7 Å². The molecule has 2 heterocycles. The van der Waals surface area contributed by atoms with Crippen LogP contribution in [0, 0.1) is 0 Å². The highest BCUT2D eigenvalue weighted by atomic mass is 16.3. The highest BCUT2D eigenvalue weighted by molar-refractivity contribution is 5.82. The van der Waals surface area contributed by atoms with Gasteiger partial charge < -0.3 is 15.4 Å². The number of hydrogen-bond donors (Lipinski definition) is 3. The normalized spacial score (nSPS) is 25.2. The van der Waals surface area contributed by atoms with Gasteiger partial charge in [-0.1, -0.05) is 0 Å². The zero-order valence-electron chi connectivity index (χ0n) is 7.31. The van der Waals surface area contributed by atoms with Crippen LogP contribution >= 0.6 is 0 Å². The van der Waals surface area contributed by atoms with Crippen molar-refractivity contribution in [1.82, 2.24) is 19.9 Å². The lowest BCUT2D eigenvalue weighted by Gasteiger charge is -2.02. The highest BCUT2D eigenvalue weighted by Crippen LogP contribution is 2.26. The maximum atomic E-state index is 9.18. The molecule has 3 N–H and O–H groups in total. The van der Waals surface area contributed by atoms with Crippen LogP contribution in [-0.2, 0) is 0 Å². The quantitative estimate of drug-likeness (QED) is 0.617. The van der Waals surface area contributed by atoms with E-state index in [4.69, 9.17) is 0 Å². The average Bonchev–Trinajstić information content (AvgIpc) is 2.69. The van der Waals surface area contributed by atoms with E-state index in [1.54, 1.807) is 6.33 Å². The number of nitrogens with zero attached hydrogens (tertiary/aromatic N) is 3. The van der Waals surface area contributed by atoms with E-state index in [2.05, 4.69) is 25.3 Å². The number of H-pyrrole nitrogens is 1. The first-order valence-electron chi connectivity index (χ1n) is 4.43. The third kappa shape index (κ3) is 1.12. The van der Waals surface area contributed by atoms with Crippen LogP contribution in [-0.4, -0.2) is 37.2 Å². The molecular formula is C8H9N5O. The zero-order chi connectivity index (χ0) is 9.54. The Bertz CT molecular complexity index is 467. The Kier molecular flexibility index (Phi) is 1.45. The second-order valence-electron chi connectivity index (χ2n) is 3.38. The number of aliphatic hydroxyl groups excluding tert-OH is 1. The first-order valence-corrected chi connectivity index (χ1v) is 4.43. The third-order valence-corrected chi connectivity index (χ3v) is 2.30. The molecule has 0 amide bonds. The minimum Gasteiger partial charge on any atom is -0.391 e. The standard InChI is InChI=1S/C8H9N5O/c14-5-1-4(5)13-8-6-7(10-2-9-6)11-3-12-8/h2-5,14H,1H2,(H2,9,10,11,12,13). The fourth-order valence-electron chi connectivity index (χ4n) is 1.39. The Morgan fingerprint density at radius 2 is 2.29 bits per heavy atom. The Balaban J connectivity index is 1.98. The number of aliphatic hydroxyl groups is 1. The minimum atomic E-state index is -0.247. The van der Waals surface area contributed by atoms with Gasteiger partial charge in [0.2, 0.25) is 0 Å². The summed E-state index contributed by atoms with van der Waals surface area (Å²) in [5.74, 6) is 0.703. The molecule has 2 aromatic heterocycles. The van der Waals surface area contributed by atoms with E-state index in [0.717, 1.165) is 11.9 Å². The molecule has 0 aromatic carbocycles. The molecule has 72 valence electrons. The molecule has 1 aliphatic rings. The number of anilines is 1. The van der Waals surface area contributed by atoms with Gasteiger partial charge in [0.1, 0.15) is 11.8 Å². The Morgan fingerprint density at radius 1 is 1.43 bits per heavy atom. The van der Waals surface area contributed by atoms with Crippen LogP contribution in [0.2, 0.25) is 0 Å². The van der Waals surface area contributed by atoms with E-state index in [-0.39, 0.29) is 12.1 Å². The molecular weight excluding hydrogens is 182 g/mol. The summed E-state index contributed by atoms with van der Waals surface area (Å²) in [6, 6.07) is 0.122. The number of aromatic amines is 1. The van der Waals surface area contributed by atoms with Gasteiger partial charge in [-0.15, -0.1) is 0 Å². The summed E-state index contributed by atoms with van der Waals surface area (Å²) in [5.41, 5.74) is 1.42. The highest BCUT2D eigenvalue weighted by Gasteiger charge is 2.35. The molecule has 14 heavy (non-hydrogen) atoms. The van der Waals surface area contributed by atoms with Gasteiger partial charge in [-0.05, 0) is 6.42 Å². The van der Waals surface area contributed by atoms with Gasteiger partial charge in [0.05, 0.1) is 18.5 Å². The first-order chi connectivity index (χ1) is 6.84. The molecule has 3 rings (SSSR count). The summed E-state index contributed by atoms with van der Waals surface area (Å²) >= 11 is 0. The van der Waals surface area contributed by atoms with E-state index in [0.29, 0.717) is 11.5 Å². The van der Waals surface area contributed by atoms with Crippen LogP contribution in [0.4, 0.5) is 5.82 Å². The van der Waals surface area contributed by atoms with Crippen LogP contribution in [0.15, 0.2) is 12.7 Å². The monoisotopic (exact) mass is 191 g/mol. The number of imidazole rings is 1. The SMILES string of the molecule is OC1CC1Nc1ncnc2nc[nH]c12. The van der Waals surface area contributed by atoms with Crippen molar-refractivity contribution in [2.24, 2.45) is 0 Å². The second-order valence-corrected chi connectivity index (χ2v) is 3.38. The fourth-order valence-corrected chi connectivity index (χ4v) is 1.39. The van der Waals surface area contributed by atoms with Crippen LogP contribution in [0.25, 0.3) is 11.2 Å². The number of fused-ring (bicyclic) bond motifs is 1. The summed E-state index contributed by atoms with van der Waals surface area (Å²) < 4.78 is 0. The summed E-state index contributed by atoms with van der Waals surface area (Å²) in [4.78, 5) is 15.1. The Morgan fingerprint density at radius 3 is 3.07 bits per heavy atom. The maximum absolute atomic E-state index is 9.18. The van der Waals surface area contributed by atoms with Crippen LogP contribution in [0.5, 0.6) is 0 Å². The van der Waals surface area contributed by atoms with Crippen LogP contribution < -0.4 is 5.32 Å². The second kappa shape index (κ2) is 2.65. The van der Waals surface area contributed by atoms with Gasteiger partial charge >= 0.3 is 0 Å². The predicted octanol–water partition coefficient (Wildman–Crippen LogP) is -0.102. The summed E-state index contributed by atoms with van der Waals surface area (Å²) in [6.45, 7) is 0. The molecule has 2 atom stereocenters. The molecule has 2 unspecified atom stereocenters. The van der Waals surface area contributed by atoms with Crippen LogP contribution in [0.3, 0.4) is 0 Å². The van der Waals surface area contributed by atoms with Gasteiger partial charge in [0, 0.05) is 0 Å². The lowest BCUT2D eigenvalue weighted by atomic mass is 10.5. The van der Waals surface area contributed by atoms with E-state index in [1.165, 1.54) is 6.33 Å². The number of nitrogens with one attached hydrogen (secondary N) is 2. The van der Waals surface area contributed by atoms with Gasteiger partial charge in [-0.3, -0.25) is 0 Å². The van der Waals surface area contributed by atoms with E-state index < -0.39 is 0 Å². The number of rotatable bonds is 2. The van der Waals surface area contributed by atoms with Crippen molar-refractivity contribution in [3.8, 4) is 0 Å². The van der Waals surface area contributed by atoms with Crippen molar-refractivity contribution in [2.75, 3.05) is 5.32 Å². The molecule has 1 aliphatic carbocycles. The van der Waals surface area contributed by atoms with Crippen molar-refractivity contribution >= 4 is 17.0 Å². The van der Waals surface area contributed by atoms with Gasteiger partial charge in [0.15, 0.2) is 11.5 Å². The molecule has 0 radical (unpaired) electrons. The van der Waals surface area contributed by atoms with E-state index in [9.17, 15) is 5.11 Å². The first kappa shape index (κ1) is 7.69. The molecule has 0 spiro atoms. The molecule has 1 fully saturated rings. The molecule has 0 saturated heterocycles. The lowest BCUT2D eigenvalue weighted by Crippen LogP contribution is -2.08. The Labute approximate surface area is 79.4 Å². The average molecular weight is 191 g/mol. The smallest absolute Gasteiger partial charge is 0.182 e. The summed E-state index contributed by atoms with van der Waals surface area (Å²) in [6.07, 6.45) is 3.57. The predicted molar refractivity (Wildman–Crippen MR) is 49.7 cm³/mol. The van der Waals surface area contributed by atoms with Crippen molar-refractivity contribution in [3.63, 3.8) is 0 Å². The molecule has 0 bridgehead atoms. The molecule has 0 aliphatic heterocycles. The van der Waals surface area contributed by atoms with E-state index in [1.807, 2.05) is 0 Å². The van der Waals surface area contributed by atoms with Crippen molar-refractivity contribution in [1.29, 1.82) is 0 Å². The largest absolute Gasteiger partial charge is 0.391 e. The van der Waals surface area contributed by atoms with Gasteiger partial charge in [0.25, 0.3) is 0 Å². The molecule has 6 nitrogen and oxygen atoms in total. The number of aromatic nitrogens is 4. The minimum absolute atomic E-state index is 0.122.